The maximum Gasteiger partial charge on any atom is 0.0142 e. The molecule has 0 radical (unpaired) electrons. The molecule has 15 heavy (non-hydrogen) atoms. The largest absolute Gasteiger partial charge is 0.313 e. The summed E-state index contributed by atoms with van der Waals surface area (Å²) in [5.41, 5.74) is 3.21. The summed E-state index contributed by atoms with van der Waals surface area (Å²) in [6.45, 7) is 3.63. The van der Waals surface area contributed by atoms with Crippen molar-refractivity contribution in [2.75, 3.05) is 6.54 Å². The van der Waals surface area contributed by atoms with Gasteiger partial charge in [-0.2, -0.15) is 0 Å². The SMILES string of the molecule is CC1CCNC2CCc3ccccc3C12. The molecule has 1 aromatic carbocycles. The summed E-state index contributed by atoms with van der Waals surface area (Å²) in [4.78, 5) is 0. The highest BCUT2D eigenvalue weighted by atomic mass is 14.9. The summed E-state index contributed by atoms with van der Waals surface area (Å²) in [6, 6.07) is 9.77. The molecule has 1 aliphatic heterocycles. The maximum atomic E-state index is 3.69. The van der Waals surface area contributed by atoms with Gasteiger partial charge in [-0.1, -0.05) is 31.2 Å². The van der Waals surface area contributed by atoms with E-state index in [1.807, 2.05) is 0 Å². The highest BCUT2D eigenvalue weighted by molar-refractivity contribution is 5.35. The van der Waals surface area contributed by atoms with Gasteiger partial charge in [0.05, 0.1) is 0 Å². The fraction of sp³-hybridized carbons (Fsp3) is 0.571. The topological polar surface area (TPSA) is 12.0 Å². The minimum atomic E-state index is 0.739. The molecule has 1 aliphatic carbocycles. The first-order valence-corrected chi connectivity index (χ1v) is 6.17. The van der Waals surface area contributed by atoms with Crippen molar-refractivity contribution in [3.05, 3.63) is 35.4 Å². The first kappa shape index (κ1) is 9.41. The molecule has 1 fully saturated rings. The number of nitrogens with one attached hydrogen (secondary N) is 1. The maximum absolute atomic E-state index is 3.69. The number of fused-ring (bicyclic) bond motifs is 3. The molecular formula is C14H19N. The van der Waals surface area contributed by atoms with E-state index in [2.05, 4.69) is 36.5 Å². The van der Waals surface area contributed by atoms with Crippen LogP contribution in [0.3, 0.4) is 0 Å². The third kappa shape index (κ3) is 1.50. The van der Waals surface area contributed by atoms with E-state index in [0.29, 0.717) is 0 Å². The van der Waals surface area contributed by atoms with E-state index in [1.54, 1.807) is 11.1 Å². The monoisotopic (exact) mass is 201 g/mol. The summed E-state index contributed by atoms with van der Waals surface area (Å²) in [6.07, 6.45) is 3.92. The average Bonchev–Trinajstić information content (AvgIpc) is 2.29. The Bertz CT molecular complexity index is 358. The molecule has 0 bridgehead atoms. The molecular weight excluding hydrogens is 182 g/mol. The van der Waals surface area contributed by atoms with Crippen molar-refractivity contribution in [3.63, 3.8) is 0 Å². The summed E-state index contributed by atoms with van der Waals surface area (Å²) in [5.74, 6) is 1.61. The van der Waals surface area contributed by atoms with E-state index in [1.165, 1.54) is 25.8 Å². The lowest BCUT2D eigenvalue weighted by molar-refractivity contribution is 0.248. The fourth-order valence-electron chi connectivity index (χ4n) is 3.40. The quantitative estimate of drug-likeness (QED) is 0.680. The van der Waals surface area contributed by atoms with Gasteiger partial charge >= 0.3 is 0 Å². The Kier molecular flexibility index (Phi) is 2.28. The number of hydrogen-bond acceptors (Lipinski definition) is 1. The van der Waals surface area contributed by atoms with Crippen molar-refractivity contribution in [2.24, 2.45) is 5.92 Å². The van der Waals surface area contributed by atoms with E-state index >= 15 is 0 Å². The van der Waals surface area contributed by atoms with E-state index in [0.717, 1.165) is 17.9 Å². The van der Waals surface area contributed by atoms with Crippen LogP contribution in [0.2, 0.25) is 0 Å². The normalized spacial score (nSPS) is 34.3. The second kappa shape index (κ2) is 3.64. The lowest BCUT2D eigenvalue weighted by atomic mass is 9.70. The Morgan fingerprint density at radius 2 is 2.07 bits per heavy atom. The van der Waals surface area contributed by atoms with Crippen molar-refractivity contribution in [1.29, 1.82) is 0 Å². The van der Waals surface area contributed by atoms with Crippen molar-refractivity contribution in [2.45, 2.75) is 38.1 Å². The second-order valence-corrected chi connectivity index (χ2v) is 5.09. The predicted octanol–water partition coefficient (Wildman–Crippen LogP) is 2.71. The summed E-state index contributed by atoms with van der Waals surface area (Å²) < 4.78 is 0. The number of piperidine rings is 1. The summed E-state index contributed by atoms with van der Waals surface area (Å²) in [5, 5.41) is 3.69. The molecule has 1 heterocycles. The van der Waals surface area contributed by atoms with E-state index in [9.17, 15) is 0 Å². The zero-order chi connectivity index (χ0) is 10.3. The lowest BCUT2D eigenvalue weighted by Crippen LogP contribution is -2.46. The van der Waals surface area contributed by atoms with Crippen LogP contribution in [-0.2, 0) is 6.42 Å². The number of hydrogen-bond donors (Lipinski definition) is 1. The molecule has 3 atom stereocenters. The molecule has 0 aromatic heterocycles. The van der Waals surface area contributed by atoms with Crippen LogP contribution < -0.4 is 5.32 Å². The third-order valence-electron chi connectivity index (χ3n) is 4.19. The number of aryl methyl sites for hydroxylation is 1. The van der Waals surface area contributed by atoms with Crippen molar-refractivity contribution in [1.82, 2.24) is 5.32 Å². The van der Waals surface area contributed by atoms with Crippen LogP contribution in [0.5, 0.6) is 0 Å². The van der Waals surface area contributed by atoms with E-state index in [-0.39, 0.29) is 0 Å². The van der Waals surface area contributed by atoms with Crippen LogP contribution in [0.15, 0.2) is 24.3 Å². The Labute approximate surface area is 91.9 Å². The summed E-state index contributed by atoms with van der Waals surface area (Å²) in [7, 11) is 0. The van der Waals surface area contributed by atoms with Gasteiger partial charge in [0.15, 0.2) is 0 Å². The van der Waals surface area contributed by atoms with Gasteiger partial charge in [0.25, 0.3) is 0 Å². The Hall–Kier alpha value is -0.820. The highest BCUT2D eigenvalue weighted by Crippen LogP contribution is 2.40. The second-order valence-electron chi connectivity index (χ2n) is 5.09. The molecule has 0 spiro atoms. The van der Waals surface area contributed by atoms with Gasteiger partial charge in [0.1, 0.15) is 0 Å². The van der Waals surface area contributed by atoms with Crippen LogP contribution in [-0.4, -0.2) is 12.6 Å². The zero-order valence-electron chi connectivity index (χ0n) is 9.37. The molecule has 1 heteroatoms. The van der Waals surface area contributed by atoms with Gasteiger partial charge in [-0.15, -0.1) is 0 Å². The molecule has 1 aromatic rings. The minimum absolute atomic E-state index is 0.739. The van der Waals surface area contributed by atoms with Gasteiger partial charge in [-0.3, -0.25) is 0 Å². The van der Waals surface area contributed by atoms with Crippen molar-refractivity contribution in [3.8, 4) is 0 Å². The van der Waals surface area contributed by atoms with Crippen LogP contribution in [0.25, 0.3) is 0 Å². The molecule has 0 saturated carbocycles. The Morgan fingerprint density at radius 1 is 1.20 bits per heavy atom. The van der Waals surface area contributed by atoms with Crippen molar-refractivity contribution < 1.29 is 0 Å². The molecule has 1 saturated heterocycles. The van der Waals surface area contributed by atoms with Gasteiger partial charge in [0, 0.05) is 12.0 Å². The number of rotatable bonds is 0. The predicted molar refractivity (Wildman–Crippen MR) is 63.1 cm³/mol. The first-order valence-electron chi connectivity index (χ1n) is 6.17. The van der Waals surface area contributed by atoms with Gasteiger partial charge < -0.3 is 5.32 Å². The molecule has 0 amide bonds. The molecule has 3 rings (SSSR count). The van der Waals surface area contributed by atoms with Crippen LogP contribution in [0.4, 0.5) is 0 Å². The van der Waals surface area contributed by atoms with Crippen LogP contribution >= 0.6 is 0 Å². The van der Waals surface area contributed by atoms with E-state index < -0.39 is 0 Å². The van der Waals surface area contributed by atoms with E-state index in [4.69, 9.17) is 0 Å². The van der Waals surface area contributed by atoms with Crippen molar-refractivity contribution >= 4 is 0 Å². The molecule has 1 nitrogen and oxygen atoms in total. The first-order chi connectivity index (χ1) is 7.36. The zero-order valence-corrected chi connectivity index (χ0v) is 9.37. The molecule has 80 valence electrons. The number of benzene rings is 1. The molecule has 2 aliphatic rings. The summed E-state index contributed by atoms with van der Waals surface area (Å²) >= 11 is 0. The Balaban J connectivity index is 2.02. The molecule has 1 N–H and O–H groups in total. The van der Waals surface area contributed by atoms with Gasteiger partial charge in [-0.05, 0) is 42.9 Å². The highest BCUT2D eigenvalue weighted by Gasteiger charge is 2.35. The fourth-order valence-corrected chi connectivity index (χ4v) is 3.40. The third-order valence-corrected chi connectivity index (χ3v) is 4.19. The van der Waals surface area contributed by atoms with Gasteiger partial charge in [0.2, 0.25) is 0 Å². The minimum Gasteiger partial charge on any atom is -0.313 e. The standard InChI is InChI=1S/C14H19N/c1-10-8-9-15-13-7-6-11-4-2-3-5-12(11)14(10)13/h2-5,10,13-15H,6-9H2,1H3. The van der Waals surface area contributed by atoms with Crippen LogP contribution in [0.1, 0.15) is 36.8 Å². The average molecular weight is 201 g/mol. The smallest absolute Gasteiger partial charge is 0.0142 e. The molecule has 3 unspecified atom stereocenters. The lowest BCUT2D eigenvalue weighted by Gasteiger charge is -2.42. The van der Waals surface area contributed by atoms with Gasteiger partial charge in [-0.25, -0.2) is 0 Å². The van der Waals surface area contributed by atoms with Crippen LogP contribution in [0, 0.1) is 5.92 Å². The Morgan fingerprint density at radius 3 is 3.00 bits per heavy atom.